The number of carbonyl (C=O) groups excluding carboxylic acids is 1. The Morgan fingerprint density at radius 3 is 2.33 bits per heavy atom. The second-order valence-electron chi connectivity index (χ2n) is 7.51. The lowest BCUT2D eigenvalue weighted by Gasteiger charge is -2.25. The van der Waals surface area contributed by atoms with Crippen LogP contribution < -0.4 is 19.5 Å². The summed E-state index contributed by atoms with van der Waals surface area (Å²) in [6.07, 6.45) is -0.809. The average molecular weight is 461 g/mol. The topological polar surface area (TPSA) is 93.7 Å². The third-order valence-electron chi connectivity index (χ3n) is 5.27. The number of hydrogen-bond acceptors (Lipinski definition) is 5. The molecule has 0 bridgehead atoms. The van der Waals surface area contributed by atoms with Crippen LogP contribution in [0.4, 0.5) is 11.4 Å². The highest BCUT2D eigenvalue weighted by atomic mass is 32.2. The van der Waals surface area contributed by atoms with E-state index in [4.69, 9.17) is 9.47 Å². The van der Waals surface area contributed by atoms with Gasteiger partial charge in [0.05, 0.1) is 10.6 Å². The van der Waals surface area contributed by atoms with E-state index in [2.05, 4.69) is 10.0 Å². The fourth-order valence-corrected chi connectivity index (χ4v) is 4.69. The predicted octanol–water partition coefficient (Wildman–Crippen LogP) is 4.42. The van der Waals surface area contributed by atoms with E-state index in [-0.39, 0.29) is 17.4 Å². The molecule has 2 N–H and O–H groups in total. The lowest BCUT2D eigenvalue weighted by atomic mass is 10.1. The second kappa shape index (κ2) is 8.48. The Labute approximate surface area is 191 Å². The minimum Gasteiger partial charge on any atom is -0.485 e. The molecule has 1 atom stereocenters. The first kappa shape index (κ1) is 20.8. The van der Waals surface area contributed by atoms with E-state index in [0.29, 0.717) is 22.9 Å². The van der Waals surface area contributed by atoms with Gasteiger partial charge in [0.15, 0.2) is 11.5 Å². The first-order valence-electron chi connectivity index (χ1n) is 10.3. The predicted molar refractivity (Wildman–Crippen MR) is 126 cm³/mol. The molecule has 1 amide bonds. The number of fused-ring (bicyclic) bond motifs is 2. The van der Waals surface area contributed by atoms with Crippen molar-refractivity contribution in [2.24, 2.45) is 0 Å². The molecule has 5 rings (SSSR count). The Morgan fingerprint density at radius 1 is 0.818 bits per heavy atom. The molecule has 0 radical (unpaired) electrons. The first-order valence-corrected chi connectivity index (χ1v) is 11.8. The molecule has 8 heteroatoms. The van der Waals surface area contributed by atoms with Gasteiger partial charge in [-0.1, -0.05) is 48.5 Å². The van der Waals surface area contributed by atoms with Crippen molar-refractivity contribution in [1.29, 1.82) is 0 Å². The second-order valence-corrected chi connectivity index (χ2v) is 9.19. The fourth-order valence-electron chi connectivity index (χ4n) is 3.61. The first-order chi connectivity index (χ1) is 16.0. The van der Waals surface area contributed by atoms with Crippen LogP contribution in [0, 0.1) is 0 Å². The minimum atomic E-state index is -3.81. The highest BCUT2D eigenvalue weighted by Gasteiger charge is 2.27. The number of rotatable bonds is 5. The summed E-state index contributed by atoms with van der Waals surface area (Å²) < 4.78 is 39.7. The number of benzene rings is 4. The van der Waals surface area contributed by atoms with Gasteiger partial charge >= 0.3 is 0 Å². The van der Waals surface area contributed by atoms with Gasteiger partial charge in [-0.15, -0.1) is 0 Å². The zero-order valence-corrected chi connectivity index (χ0v) is 18.2. The Morgan fingerprint density at radius 2 is 1.52 bits per heavy atom. The fraction of sp³-hybridized carbons (Fsp3) is 0.0800. The van der Waals surface area contributed by atoms with Crippen molar-refractivity contribution < 1.29 is 22.7 Å². The van der Waals surface area contributed by atoms with Crippen molar-refractivity contribution in [3.05, 3.63) is 91.0 Å². The number of carbonyl (C=O) groups is 1. The number of ether oxygens (including phenoxy) is 2. The maximum absolute atomic E-state index is 12.9. The van der Waals surface area contributed by atoms with Gasteiger partial charge in [0, 0.05) is 11.1 Å². The van der Waals surface area contributed by atoms with Crippen molar-refractivity contribution in [2.75, 3.05) is 16.6 Å². The van der Waals surface area contributed by atoms with Gasteiger partial charge in [-0.2, -0.15) is 0 Å². The molecule has 1 unspecified atom stereocenters. The standard InChI is InChI=1S/C25H20N2O5S/c28-25(24-16-31-22-10-3-4-11-23(22)32-24)26-18-12-14-19(15-13-18)33(29,30)27-21-9-5-7-17-6-1-2-8-20(17)21/h1-15,24,27H,16H2,(H,26,28). The molecule has 1 aliphatic heterocycles. The van der Waals surface area contributed by atoms with E-state index in [0.717, 1.165) is 10.8 Å². The van der Waals surface area contributed by atoms with Gasteiger partial charge in [-0.25, -0.2) is 8.42 Å². The summed E-state index contributed by atoms with van der Waals surface area (Å²) in [6.45, 7) is 0.0876. The zero-order valence-electron chi connectivity index (χ0n) is 17.4. The molecule has 0 aromatic heterocycles. The smallest absolute Gasteiger partial charge is 0.269 e. The van der Waals surface area contributed by atoms with Crippen LogP contribution in [0.5, 0.6) is 11.5 Å². The van der Waals surface area contributed by atoms with Gasteiger partial charge in [0.1, 0.15) is 6.61 Å². The number of para-hydroxylation sites is 2. The zero-order chi connectivity index (χ0) is 22.8. The van der Waals surface area contributed by atoms with Crippen LogP contribution in [0.2, 0.25) is 0 Å². The van der Waals surface area contributed by atoms with Crippen LogP contribution in [0.15, 0.2) is 95.9 Å². The number of sulfonamides is 1. The molecule has 7 nitrogen and oxygen atoms in total. The van der Waals surface area contributed by atoms with Crippen LogP contribution >= 0.6 is 0 Å². The number of nitrogens with one attached hydrogen (secondary N) is 2. The van der Waals surface area contributed by atoms with E-state index in [1.165, 1.54) is 24.3 Å². The van der Waals surface area contributed by atoms with Crippen LogP contribution in [0.3, 0.4) is 0 Å². The Kier molecular flexibility index (Phi) is 5.35. The minimum absolute atomic E-state index is 0.0830. The van der Waals surface area contributed by atoms with E-state index in [9.17, 15) is 13.2 Å². The summed E-state index contributed by atoms with van der Waals surface area (Å²) in [5.74, 6) is 0.716. The van der Waals surface area contributed by atoms with Crippen molar-refractivity contribution in [1.82, 2.24) is 0 Å². The van der Waals surface area contributed by atoms with E-state index in [1.54, 1.807) is 30.3 Å². The van der Waals surface area contributed by atoms with Crippen molar-refractivity contribution in [2.45, 2.75) is 11.0 Å². The average Bonchev–Trinajstić information content (AvgIpc) is 2.84. The number of anilines is 2. The van der Waals surface area contributed by atoms with Crippen LogP contribution in [0.1, 0.15) is 0 Å². The summed E-state index contributed by atoms with van der Waals surface area (Å²) in [7, 11) is -3.81. The molecule has 1 heterocycles. The van der Waals surface area contributed by atoms with Crippen molar-refractivity contribution >= 4 is 38.1 Å². The molecule has 0 saturated carbocycles. The Hall–Kier alpha value is -4.04. The number of hydrogen-bond donors (Lipinski definition) is 2. The molecule has 33 heavy (non-hydrogen) atoms. The van der Waals surface area contributed by atoms with Crippen LogP contribution in [-0.4, -0.2) is 27.0 Å². The van der Waals surface area contributed by atoms with E-state index in [1.807, 2.05) is 36.4 Å². The SMILES string of the molecule is O=C(Nc1ccc(S(=O)(=O)Nc2cccc3ccccc23)cc1)C1COc2ccccc2O1. The maximum atomic E-state index is 12.9. The van der Waals surface area contributed by atoms with E-state index >= 15 is 0 Å². The maximum Gasteiger partial charge on any atom is 0.269 e. The number of amides is 1. The molecule has 0 saturated heterocycles. The van der Waals surface area contributed by atoms with Gasteiger partial charge in [0.2, 0.25) is 6.10 Å². The molecule has 0 fully saturated rings. The van der Waals surface area contributed by atoms with Crippen molar-refractivity contribution in [3.8, 4) is 11.5 Å². The van der Waals surface area contributed by atoms with Gasteiger partial charge in [-0.05, 0) is 47.9 Å². The summed E-state index contributed by atoms with van der Waals surface area (Å²) >= 11 is 0. The van der Waals surface area contributed by atoms with Gasteiger partial charge in [-0.3, -0.25) is 9.52 Å². The molecule has 4 aromatic rings. The Bertz CT molecular complexity index is 1430. The molecule has 1 aliphatic rings. The highest BCUT2D eigenvalue weighted by molar-refractivity contribution is 7.92. The molecule has 4 aromatic carbocycles. The summed E-state index contributed by atoms with van der Waals surface area (Å²) in [5.41, 5.74) is 0.951. The largest absolute Gasteiger partial charge is 0.485 e. The van der Waals surface area contributed by atoms with Crippen LogP contribution in [0.25, 0.3) is 10.8 Å². The van der Waals surface area contributed by atoms with Gasteiger partial charge in [0.25, 0.3) is 15.9 Å². The Balaban J connectivity index is 1.28. The quantitative estimate of drug-likeness (QED) is 0.460. The summed E-state index contributed by atoms with van der Waals surface area (Å²) in [5, 5.41) is 4.48. The lowest BCUT2D eigenvalue weighted by Crippen LogP contribution is -2.40. The summed E-state index contributed by atoms with van der Waals surface area (Å²) in [4.78, 5) is 12.7. The molecular weight excluding hydrogens is 440 g/mol. The van der Waals surface area contributed by atoms with Crippen LogP contribution in [-0.2, 0) is 14.8 Å². The van der Waals surface area contributed by atoms with Gasteiger partial charge < -0.3 is 14.8 Å². The highest BCUT2D eigenvalue weighted by Crippen LogP contribution is 2.31. The molecular formula is C25H20N2O5S. The molecule has 0 aliphatic carbocycles. The lowest BCUT2D eigenvalue weighted by molar-refractivity contribution is -0.125. The molecule has 166 valence electrons. The summed E-state index contributed by atoms with van der Waals surface area (Å²) in [6, 6.07) is 26.1. The third-order valence-corrected chi connectivity index (χ3v) is 6.65. The molecule has 0 spiro atoms. The van der Waals surface area contributed by atoms with E-state index < -0.39 is 16.1 Å². The normalized spacial score (nSPS) is 15.1. The third kappa shape index (κ3) is 4.33. The van der Waals surface area contributed by atoms with Crippen molar-refractivity contribution in [3.63, 3.8) is 0 Å². The monoisotopic (exact) mass is 460 g/mol.